The molecule has 19 heavy (non-hydrogen) atoms. The first-order valence-electron chi connectivity index (χ1n) is 8.15. The van der Waals surface area contributed by atoms with Crippen molar-refractivity contribution in [3.63, 3.8) is 0 Å². The molecular weight excluding hydrogens is 238 g/mol. The molecule has 2 rings (SSSR count). The normalized spacial score (nSPS) is 35.1. The second kappa shape index (κ2) is 6.74. The van der Waals surface area contributed by atoms with Gasteiger partial charge in [0.25, 0.3) is 0 Å². The van der Waals surface area contributed by atoms with Gasteiger partial charge in [0.1, 0.15) is 0 Å². The Morgan fingerprint density at radius 1 is 1.32 bits per heavy atom. The van der Waals surface area contributed by atoms with Crippen molar-refractivity contribution in [2.24, 2.45) is 11.8 Å². The fourth-order valence-electron chi connectivity index (χ4n) is 4.21. The highest BCUT2D eigenvalue weighted by Crippen LogP contribution is 2.41. The van der Waals surface area contributed by atoms with E-state index in [1.807, 2.05) is 6.92 Å². The molecule has 0 aromatic rings. The summed E-state index contributed by atoms with van der Waals surface area (Å²) in [5.74, 6) is 0.844. The minimum absolute atomic E-state index is 0.0489. The molecule has 0 spiro atoms. The highest BCUT2D eigenvalue weighted by atomic mass is 16.5. The molecule has 0 radical (unpaired) electrons. The van der Waals surface area contributed by atoms with E-state index in [-0.39, 0.29) is 11.9 Å². The number of esters is 1. The van der Waals surface area contributed by atoms with Crippen LogP contribution < -0.4 is 0 Å². The second-order valence-corrected chi connectivity index (χ2v) is 6.07. The van der Waals surface area contributed by atoms with Crippen LogP contribution in [-0.4, -0.2) is 36.1 Å². The molecule has 0 unspecified atom stereocenters. The van der Waals surface area contributed by atoms with E-state index in [0.717, 1.165) is 6.42 Å². The lowest BCUT2D eigenvalue weighted by molar-refractivity contribution is -0.154. The van der Waals surface area contributed by atoms with Crippen molar-refractivity contribution in [1.29, 1.82) is 0 Å². The van der Waals surface area contributed by atoms with Gasteiger partial charge in [0.2, 0.25) is 0 Å². The van der Waals surface area contributed by atoms with Gasteiger partial charge in [-0.2, -0.15) is 0 Å². The average Bonchev–Trinajstić information content (AvgIpc) is 2.88. The van der Waals surface area contributed by atoms with Crippen LogP contribution >= 0.6 is 0 Å². The zero-order valence-electron chi connectivity index (χ0n) is 12.7. The van der Waals surface area contributed by atoms with E-state index in [9.17, 15) is 4.79 Å². The Bertz CT molecular complexity index is 305. The largest absolute Gasteiger partial charge is 0.466 e. The number of carbonyl (C=O) groups is 1. The first kappa shape index (κ1) is 14.8. The van der Waals surface area contributed by atoms with E-state index in [2.05, 4.69) is 18.7 Å². The Morgan fingerprint density at radius 2 is 2.11 bits per heavy atom. The molecule has 3 nitrogen and oxygen atoms in total. The molecule has 0 amide bonds. The van der Waals surface area contributed by atoms with Crippen LogP contribution in [0.5, 0.6) is 0 Å². The summed E-state index contributed by atoms with van der Waals surface area (Å²) in [4.78, 5) is 14.9. The van der Waals surface area contributed by atoms with Crippen LogP contribution in [-0.2, 0) is 9.53 Å². The molecule has 0 bridgehead atoms. The molecule has 2 aliphatic heterocycles. The Hall–Kier alpha value is -0.570. The number of hydrogen-bond donors (Lipinski definition) is 0. The van der Waals surface area contributed by atoms with Crippen LogP contribution in [0.4, 0.5) is 0 Å². The molecule has 2 fully saturated rings. The first-order chi connectivity index (χ1) is 9.22. The van der Waals surface area contributed by atoms with E-state index in [4.69, 9.17) is 4.74 Å². The van der Waals surface area contributed by atoms with Gasteiger partial charge in [0, 0.05) is 12.1 Å². The molecule has 2 aliphatic rings. The third-order valence-electron chi connectivity index (χ3n) is 5.03. The van der Waals surface area contributed by atoms with Crippen molar-refractivity contribution in [3.8, 4) is 0 Å². The summed E-state index contributed by atoms with van der Waals surface area (Å²) in [5, 5.41) is 0. The lowest BCUT2D eigenvalue weighted by Gasteiger charge is -2.46. The van der Waals surface area contributed by atoms with Crippen molar-refractivity contribution in [3.05, 3.63) is 0 Å². The molecule has 2 saturated heterocycles. The smallest absolute Gasteiger partial charge is 0.310 e. The van der Waals surface area contributed by atoms with Crippen LogP contribution in [0.2, 0.25) is 0 Å². The van der Waals surface area contributed by atoms with Crippen molar-refractivity contribution < 1.29 is 9.53 Å². The van der Waals surface area contributed by atoms with Gasteiger partial charge in [-0.25, -0.2) is 0 Å². The van der Waals surface area contributed by atoms with E-state index >= 15 is 0 Å². The quantitative estimate of drug-likeness (QED) is 0.716. The Morgan fingerprint density at radius 3 is 2.74 bits per heavy atom. The summed E-state index contributed by atoms with van der Waals surface area (Å²) < 4.78 is 5.31. The highest BCUT2D eigenvalue weighted by molar-refractivity contribution is 5.73. The average molecular weight is 267 g/mol. The summed E-state index contributed by atoms with van der Waals surface area (Å²) >= 11 is 0. The number of nitrogens with zero attached hydrogens (tertiary/aromatic N) is 1. The fraction of sp³-hybridized carbons (Fsp3) is 0.938. The second-order valence-electron chi connectivity index (χ2n) is 6.07. The van der Waals surface area contributed by atoms with Gasteiger partial charge in [-0.1, -0.05) is 26.7 Å². The maximum absolute atomic E-state index is 12.2. The van der Waals surface area contributed by atoms with Crippen LogP contribution in [0.1, 0.15) is 59.3 Å². The highest BCUT2D eigenvalue weighted by Gasteiger charge is 2.46. The molecule has 2 heterocycles. The third-order valence-corrected chi connectivity index (χ3v) is 5.03. The standard InChI is InChI=1S/C16H29NO2/c1-4-8-14-12(5-2)11-13(16(18)19-6-3)15-9-7-10-17(14)15/h12-15H,4-11H2,1-3H3/t12-,13-,14-,15+/m1/s1. The maximum atomic E-state index is 12.2. The lowest BCUT2D eigenvalue weighted by atomic mass is 9.76. The third kappa shape index (κ3) is 2.96. The molecule has 0 N–H and O–H groups in total. The van der Waals surface area contributed by atoms with Crippen LogP contribution in [0.3, 0.4) is 0 Å². The SMILES string of the molecule is CCC[C@@H]1[C@H](CC)C[C@@H](C(=O)OCC)[C@@H]2CCCN12. The molecule has 0 aromatic carbocycles. The molecular formula is C16H29NO2. The summed E-state index contributed by atoms with van der Waals surface area (Å²) in [6.45, 7) is 8.14. The van der Waals surface area contributed by atoms with E-state index in [0.29, 0.717) is 24.6 Å². The fourth-order valence-corrected chi connectivity index (χ4v) is 4.21. The molecule has 3 heteroatoms. The van der Waals surface area contributed by atoms with Gasteiger partial charge < -0.3 is 4.74 Å². The predicted octanol–water partition coefficient (Wildman–Crippen LogP) is 3.23. The van der Waals surface area contributed by atoms with Gasteiger partial charge in [0.05, 0.1) is 12.5 Å². The topological polar surface area (TPSA) is 29.5 Å². The van der Waals surface area contributed by atoms with Crippen LogP contribution in [0, 0.1) is 11.8 Å². The van der Waals surface area contributed by atoms with Crippen molar-refractivity contribution in [2.75, 3.05) is 13.2 Å². The van der Waals surface area contributed by atoms with Crippen molar-refractivity contribution >= 4 is 5.97 Å². The van der Waals surface area contributed by atoms with Crippen LogP contribution in [0.15, 0.2) is 0 Å². The molecule has 4 atom stereocenters. The zero-order valence-corrected chi connectivity index (χ0v) is 12.7. The maximum Gasteiger partial charge on any atom is 0.310 e. The number of piperidine rings is 1. The van der Waals surface area contributed by atoms with E-state index in [1.165, 1.54) is 38.6 Å². The minimum atomic E-state index is 0.0489. The summed E-state index contributed by atoms with van der Waals surface area (Å²) in [6.07, 6.45) is 7.18. The van der Waals surface area contributed by atoms with Gasteiger partial charge in [0.15, 0.2) is 0 Å². The number of ether oxygens (including phenoxy) is 1. The van der Waals surface area contributed by atoms with E-state index in [1.54, 1.807) is 0 Å². The van der Waals surface area contributed by atoms with Crippen molar-refractivity contribution in [2.45, 2.75) is 71.4 Å². The van der Waals surface area contributed by atoms with Gasteiger partial charge in [-0.3, -0.25) is 9.69 Å². The monoisotopic (exact) mass is 267 g/mol. The number of hydrogen-bond acceptors (Lipinski definition) is 3. The summed E-state index contributed by atoms with van der Waals surface area (Å²) in [5.41, 5.74) is 0. The van der Waals surface area contributed by atoms with Crippen LogP contribution in [0.25, 0.3) is 0 Å². The first-order valence-corrected chi connectivity index (χ1v) is 8.15. The lowest BCUT2D eigenvalue weighted by Crippen LogP contribution is -2.54. The summed E-state index contributed by atoms with van der Waals surface area (Å²) in [6, 6.07) is 1.16. The predicted molar refractivity (Wildman–Crippen MR) is 76.9 cm³/mol. The van der Waals surface area contributed by atoms with Gasteiger partial charge in [-0.05, 0) is 45.1 Å². The van der Waals surface area contributed by atoms with E-state index < -0.39 is 0 Å². The Labute approximate surface area is 117 Å². The summed E-state index contributed by atoms with van der Waals surface area (Å²) in [7, 11) is 0. The minimum Gasteiger partial charge on any atom is -0.466 e. The molecule has 0 aromatic heterocycles. The zero-order chi connectivity index (χ0) is 13.8. The Balaban J connectivity index is 2.14. The molecule has 110 valence electrons. The van der Waals surface area contributed by atoms with Crippen molar-refractivity contribution in [1.82, 2.24) is 4.90 Å². The molecule has 0 aliphatic carbocycles. The van der Waals surface area contributed by atoms with Gasteiger partial charge in [-0.15, -0.1) is 0 Å². The number of rotatable bonds is 5. The number of carbonyl (C=O) groups excluding carboxylic acids is 1. The Kier molecular flexibility index (Phi) is 5.26. The number of fused-ring (bicyclic) bond motifs is 1. The molecule has 0 saturated carbocycles. The van der Waals surface area contributed by atoms with Gasteiger partial charge >= 0.3 is 5.97 Å².